The molecule has 0 spiro atoms. The van der Waals surface area contributed by atoms with Crippen LogP contribution in [0.2, 0.25) is 0 Å². The first-order valence-electron chi connectivity index (χ1n) is 3.02. The molecule has 0 saturated heterocycles. The SMILES string of the molecule is NCC(N)CC(N)C(=O)O. The van der Waals surface area contributed by atoms with E-state index in [1.165, 1.54) is 0 Å². The second kappa shape index (κ2) is 4.21. The van der Waals surface area contributed by atoms with Crippen molar-refractivity contribution in [2.45, 2.75) is 18.5 Å². The van der Waals surface area contributed by atoms with E-state index in [1.54, 1.807) is 0 Å². The van der Waals surface area contributed by atoms with Gasteiger partial charge in [0, 0.05) is 12.6 Å². The largest absolute Gasteiger partial charge is 0.480 e. The fourth-order valence-corrected chi connectivity index (χ4v) is 0.523. The topological polar surface area (TPSA) is 115 Å². The fourth-order valence-electron chi connectivity index (χ4n) is 0.523. The van der Waals surface area contributed by atoms with E-state index in [4.69, 9.17) is 22.3 Å². The van der Waals surface area contributed by atoms with Gasteiger partial charge >= 0.3 is 5.97 Å². The van der Waals surface area contributed by atoms with Crippen LogP contribution in [0, 0.1) is 0 Å². The Kier molecular flexibility index (Phi) is 3.94. The Morgan fingerprint density at radius 1 is 1.50 bits per heavy atom. The molecule has 0 rings (SSSR count). The summed E-state index contributed by atoms with van der Waals surface area (Å²) in [6.45, 7) is 0.265. The predicted octanol–water partition coefficient (Wildman–Crippen LogP) is -1.93. The van der Waals surface area contributed by atoms with Crippen LogP contribution in [0.15, 0.2) is 0 Å². The zero-order chi connectivity index (χ0) is 8.15. The lowest BCUT2D eigenvalue weighted by Gasteiger charge is -2.10. The second-order valence-electron chi connectivity index (χ2n) is 2.18. The van der Waals surface area contributed by atoms with Gasteiger partial charge in [-0.15, -0.1) is 0 Å². The molecule has 5 nitrogen and oxygen atoms in total. The highest BCUT2D eigenvalue weighted by Gasteiger charge is 2.14. The summed E-state index contributed by atoms with van der Waals surface area (Å²) in [4.78, 5) is 10.1. The maximum Gasteiger partial charge on any atom is 0.320 e. The molecule has 0 aliphatic heterocycles. The van der Waals surface area contributed by atoms with Crippen LogP contribution in [-0.2, 0) is 4.79 Å². The molecule has 0 aliphatic rings. The molecule has 0 bridgehead atoms. The van der Waals surface area contributed by atoms with E-state index < -0.39 is 12.0 Å². The van der Waals surface area contributed by atoms with Crippen molar-refractivity contribution >= 4 is 5.97 Å². The average molecular weight is 147 g/mol. The number of hydrogen-bond donors (Lipinski definition) is 4. The molecule has 2 unspecified atom stereocenters. The smallest absolute Gasteiger partial charge is 0.320 e. The first-order chi connectivity index (χ1) is 4.57. The van der Waals surface area contributed by atoms with E-state index in [0.29, 0.717) is 0 Å². The Morgan fingerprint density at radius 2 is 2.00 bits per heavy atom. The summed E-state index contributed by atoms with van der Waals surface area (Å²) in [6.07, 6.45) is 0.228. The first-order valence-corrected chi connectivity index (χ1v) is 3.02. The molecule has 60 valence electrons. The van der Waals surface area contributed by atoms with Crippen molar-refractivity contribution in [3.63, 3.8) is 0 Å². The predicted molar refractivity (Wildman–Crippen MR) is 37.3 cm³/mol. The van der Waals surface area contributed by atoms with Crippen molar-refractivity contribution in [3.05, 3.63) is 0 Å². The van der Waals surface area contributed by atoms with Gasteiger partial charge < -0.3 is 22.3 Å². The molecule has 0 radical (unpaired) electrons. The van der Waals surface area contributed by atoms with Crippen LogP contribution < -0.4 is 17.2 Å². The van der Waals surface area contributed by atoms with Crippen LogP contribution in [-0.4, -0.2) is 29.7 Å². The van der Waals surface area contributed by atoms with Crippen molar-refractivity contribution in [2.75, 3.05) is 6.54 Å². The van der Waals surface area contributed by atoms with Gasteiger partial charge in [0.15, 0.2) is 0 Å². The molecule has 0 aromatic heterocycles. The lowest BCUT2D eigenvalue weighted by Crippen LogP contribution is -2.40. The molecular formula is C5H13N3O2. The zero-order valence-electron chi connectivity index (χ0n) is 5.66. The minimum Gasteiger partial charge on any atom is -0.480 e. The van der Waals surface area contributed by atoms with Crippen LogP contribution in [0.4, 0.5) is 0 Å². The Bertz CT molecular complexity index is 117. The molecule has 0 fully saturated rings. The quantitative estimate of drug-likeness (QED) is 0.370. The van der Waals surface area contributed by atoms with E-state index in [-0.39, 0.29) is 19.0 Å². The number of aliphatic carboxylic acids is 1. The lowest BCUT2D eigenvalue weighted by atomic mass is 10.1. The van der Waals surface area contributed by atoms with E-state index in [0.717, 1.165) is 0 Å². The van der Waals surface area contributed by atoms with E-state index >= 15 is 0 Å². The number of hydrogen-bond acceptors (Lipinski definition) is 4. The highest BCUT2D eigenvalue weighted by molar-refractivity contribution is 5.73. The molecule has 0 aromatic rings. The minimum absolute atomic E-state index is 0.228. The Morgan fingerprint density at radius 3 is 2.30 bits per heavy atom. The van der Waals surface area contributed by atoms with E-state index in [9.17, 15) is 4.79 Å². The van der Waals surface area contributed by atoms with Gasteiger partial charge in [-0.3, -0.25) is 4.79 Å². The fraction of sp³-hybridized carbons (Fsp3) is 0.800. The van der Waals surface area contributed by atoms with Gasteiger partial charge in [0.25, 0.3) is 0 Å². The van der Waals surface area contributed by atoms with Gasteiger partial charge in [-0.1, -0.05) is 0 Å². The molecule has 0 aliphatic carbocycles. The van der Waals surface area contributed by atoms with Gasteiger partial charge in [-0.05, 0) is 6.42 Å². The van der Waals surface area contributed by atoms with Crippen molar-refractivity contribution < 1.29 is 9.90 Å². The van der Waals surface area contributed by atoms with Crippen molar-refractivity contribution in [2.24, 2.45) is 17.2 Å². The normalized spacial score (nSPS) is 16.3. The third-order valence-electron chi connectivity index (χ3n) is 1.18. The Balaban J connectivity index is 3.56. The van der Waals surface area contributed by atoms with Gasteiger partial charge in [-0.25, -0.2) is 0 Å². The Hall–Kier alpha value is -0.650. The van der Waals surface area contributed by atoms with Crippen LogP contribution in [0.1, 0.15) is 6.42 Å². The second-order valence-corrected chi connectivity index (χ2v) is 2.18. The molecule has 10 heavy (non-hydrogen) atoms. The van der Waals surface area contributed by atoms with Crippen molar-refractivity contribution in [1.29, 1.82) is 0 Å². The molecule has 0 heterocycles. The van der Waals surface area contributed by atoms with E-state index in [2.05, 4.69) is 0 Å². The number of nitrogens with two attached hydrogens (primary N) is 3. The monoisotopic (exact) mass is 147 g/mol. The molecule has 0 saturated carbocycles. The maximum absolute atomic E-state index is 10.1. The van der Waals surface area contributed by atoms with Crippen LogP contribution in [0.25, 0.3) is 0 Å². The molecule has 0 amide bonds. The van der Waals surface area contributed by atoms with Crippen LogP contribution in [0.5, 0.6) is 0 Å². The maximum atomic E-state index is 10.1. The van der Waals surface area contributed by atoms with E-state index in [1.807, 2.05) is 0 Å². The van der Waals surface area contributed by atoms with Gasteiger partial charge in [0.2, 0.25) is 0 Å². The number of carboxylic acids is 1. The van der Waals surface area contributed by atoms with Crippen LogP contribution in [0.3, 0.4) is 0 Å². The van der Waals surface area contributed by atoms with Crippen LogP contribution >= 0.6 is 0 Å². The summed E-state index contributed by atoms with van der Waals surface area (Å²) < 4.78 is 0. The summed E-state index contributed by atoms with van der Waals surface area (Å²) in [5, 5.41) is 8.31. The summed E-state index contributed by atoms with van der Waals surface area (Å²) in [7, 11) is 0. The molecule has 2 atom stereocenters. The Labute approximate surface area is 59.2 Å². The molecular weight excluding hydrogens is 134 g/mol. The summed E-state index contributed by atoms with van der Waals surface area (Å²) in [5.41, 5.74) is 15.6. The number of rotatable bonds is 4. The highest BCUT2D eigenvalue weighted by Crippen LogP contribution is 1.91. The third kappa shape index (κ3) is 3.39. The summed E-state index contributed by atoms with van der Waals surface area (Å²) in [6, 6.07) is -1.20. The number of carboxylic acid groups (broad SMARTS) is 1. The minimum atomic E-state index is -1.04. The van der Waals surface area contributed by atoms with Crippen molar-refractivity contribution in [1.82, 2.24) is 0 Å². The molecule has 7 N–H and O–H groups in total. The molecule has 5 heteroatoms. The number of carbonyl (C=O) groups is 1. The molecule has 0 aromatic carbocycles. The summed E-state index contributed by atoms with van der Waals surface area (Å²) in [5.74, 6) is -1.04. The van der Waals surface area contributed by atoms with Crippen molar-refractivity contribution in [3.8, 4) is 0 Å². The first kappa shape index (κ1) is 9.35. The third-order valence-corrected chi connectivity index (χ3v) is 1.18. The average Bonchev–Trinajstić information content (AvgIpc) is 1.87. The summed E-state index contributed by atoms with van der Waals surface area (Å²) >= 11 is 0. The van der Waals surface area contributed by atoms with Gasteiger partial charge in [0.1, 0.15) is 6.04 Å². The lowest BCUT2D eigenvalue weighted by molar-refractivity contribution is -0.138. The highest BCUT2D eigenvalue weighted by atomic mass is 16.4. The van der Waals surface area contributed by atoms with Gasteiger partial charge in [-0.2, -0.15) is 0 Å². The standard InChI is InChI=1S/C5H13N3O2/c6-2-3(7)1-4(8)5(9)10/h3-4H,1-2,6-8H2,(H,9,10). The zero-order valence-corrected chi connectivity index (χ0v) is 5.66. The van der Waals surface area contributed by atoms with Gasteiger partial charge in [0.05, 0.1) is 0 Å².